The van der Waals surface area contributed by atoms with Gasteiger partial charge in [0.15, 0.2) is 11.9 Å². The van der Waals surface area contributed by atoms with Crippen LogP contribution >= 0.6 is 0 Å². The maximum atomic E-state index is 6.28. The number of ether oxygens (including phenoxy) is 2. The number of hydrogen-bond donors (Lipinski definition) is 0. The quantitative estimate of drug-likeness (QED) is 0.229. The van der Waals surface area contributed by atoms with E-state index in [9.17, 15) is 0 Å². The first-order valence-corrected chi connectivity index (χ1v) is 12.3. The van der Waals surface area contributed by atoms with Crippen molar-refractivity contribution < 1.29 is 9.47 Å². The second kappa shape index (κ2) is 10.8. The molecule has 0 aliphatic rings. The van der Waals surface area contributed by atoms with Crippen molar-refractivity contribution in [2.45, 2.75) is 66.0 Å². The number of hydrogen-bond acceptors (Lipinski definition) is 3. The summed E-state index contributed by atoms with van der Waals surface area (Å²) in [6.45, 7) is 12.3. The lowest BCUT2D eigenvalue weighted by Crippen LogP contribution is -2.13. The molecule has 4 aromatic rings. The molecule has 4 rings (SSSR count). The van der Waals surface area contributed by atoms with Crippen molar-refractivity contribution in [1.29, 1.82) is 0 Å². The largest absolute Gasteiger partial charge is 0.493 e. The maximum Gasteiger partial charge on any atom is 0.153 e. The second-order valence-corrected chi connectivity index (χ2v) is 9.44. The lowest BCUT2D eigenvalue weighted by molar-refractivity contribution is 0.210. The minimum absolute atomic E-state index is 0.147. The summed E-state index contributed by atoms with van der Waals surface area (Å²) in [5.41, 5.74) is 5.85. The van der Waals surface area contributed by atoms with Gasteiger partial charge in [-0.05, 0) is 86.6 Å². The highest BCUT2D eigenvalue weighted by molar-refractivity contribution is 5.76. The van der Waals surface area contributed by atoms with Gasteiger partial charge in [-0.25, -0.2) is 4.98 Å². The predicted octanol–water partition coefficient (Wildman–Crippen LogP) is 7.78. The van der Waals surface area contributed by atoms with Crippen LogP contribution in [-0.4, -0.2) is 16.2 Å². The van der Waals surface area contributed by atoms with E-state index in [4.69, 9.17) is 14.5 Å². The normalized spacial score (nSPS) is 12.3. The molecule has 0 amide bonds. The van der Waals surface area contributed by atoms with Crippen molar-refractivity contribution in [3.63, 3.8) is 0 Å². The molecule has 0 saturated carbocycles. The van der Waals surface area contributed by atoms with Gasteiger partial charge in [0.05, 0.1) is 17.6 Å². The fourth-order valence-electron chi connectivity index (χ4n) is 4.38. The Kier molecular flexibility index (Phi) is 7.56. The smallest absolute Gasteiger partial charge is 0.153 e. The number of unbranched alkanes of at least 4 members (excludes halogenated alkanes) is 1. The number of para-hydroxylation sites is 2. The SMILES string of the molecule is Cc1cccc(OC(C)c2nc3ccccc3n2CCCCOc2cc(C)ccc2C(C)C)c1. The lowest BCUT2D eigenvalue weighted by Gasteiger charge is -2.17. The van der Waals surface area contributed by atoms with E-state index in [2.05, 4.69) is 87.7 Å². The minimum atomic E-state index is -0.147. The summed E-state index contributed by atoms with van der Waals surface area (Å²) in [6.07, 6.45) is 1.84. The Morgan fingerprint density at radius 1 is 0.853 bits per heavy atom. The third-order valence-corrected chi connectivity index (χ3v) is 6.17. The molecule has 0 N–H and O–H groups in total. The molecule has 1 aromatic heterocycles. The van der Waals surface area contributed by atoms with E-state index in [1.165, 1.54) is 16.7 Å². The van der Waals surface area contributed by atoms with E-state index in [1.807, 2.05) is 18.2 Å². The van der Waals surface area contributed by atoms with E-state index in [0.717, 1.165) is 47.7 Å². The van der Waals surface area contributed by atoms with Crippen LogP contribution in [0.2, 0.25) is 0 Å². The number of aryl methyl sites for hydroxylation is 3. The average molecular weight is 457 g/mol. The second-order valence-electron chi connectivity index (χ2n) is 9.44. The molecule has 0 fully saturated rings. The maximum absolute atomic E-state index is 6.28. The molecule has 178 valence electrons. The zero-order chi connectivity index (χ0) is 24.1. The van der Waals surface area contributed by atoms with Gasteiger partial charge in [0, 0.05) is 6.54 Å². The zero-order valence-corrected chi connectivity index (χ0v) is 21.0. The molecule has 0 aliphatic heterocycles. The molecule has 1 atom stereocenters. The molecule has 0 radical (unpaired) electrons. The molecular weight excluding hydrogens is 420 g/mol. The summed E-state index contributed by atoms with van der Waals surface area (Å²) in [5, 5.41) is 0. The minimum Gasteiger partial charge on any atom is -0.493 e. The van der Waals surface area contributed by atoms with Gasteiger partial charge < -0.3 is 14.0 Å². The number of imidazole rings is 1. The van der Waals surface area contributed by atoms with Crippen molar-refractivity contribution in [2.24, 2.45) is 0 Å². The summed E-state index contributed by atoms with van der Waals surface area (Å²) in [5.74, 6) is 3.30. The predicted molar refractivity (Wildman–Crippen MR) is 140 cm³/mol. The van der Waals surface area contributed by atoms with Crippen molar-refractivity contribution in [3.05, 3.63) is 89.2 Å². The summed E-state index contributed by atoms with van der Waals surface area (Å²) < 4.78 is 14.8. The standard InChI is InChI=1S/C30H36N2O2/c1-21(2)26-16-15-23(4)20-29(26)33-18-9-8-17-32-28-14-7-6-13-27(28)31-30(32)24(5)34-25-12-10-11-22(3)19-25/h6-7,10-16,19-21,24H,8-9,17-18H2,1-5H3. The molecule has 0 aliphatic carbocycles. The van der Waals surface area contributed by atoms with Gasteiger partial charge in [-0.2, -0.15) is 0 Å². The number of rotatable bonds is 10. The monoisotopic (exact) mass is 456 g/mol. The highest BCUT2D eigenvalue weighted by Crippen LogP contribution is 2.28. The summed E-state index contributed by atoms with van der Waals surface area (Å²) in [4.78, 5) is 4.93. The van der Waals surface area contributed by atoms with E-state index >= 15 is 0 Å². The van der Waals surface area contributed by atoms with Crippen LogP contribution in [0.3, 0.4) is 0 Å². The third-order valence-electron chi connectivity index (χ3n) is 6.17. The Morgan fingerprint density at radius 3 is 2.44 bits per heavy atom. The van der Waals surface area contributed by atoms with E-state index in [0.29, 0.717) is 12.5 Å². The molecule has 34 heavy (non-hydrogen) atoms. The Morgan fingerprint density at radius 2 is 1.65 bits per heavy atom. The number of nitrogens with zero attached hydrogens (tertiary/aromatic N) is 2. The molecule has 0 saturated heterocycles. The van der Waals surface area contributed by atoms with Gasteiger partial charge in [0.25, 0.3) is 0 Å². The van der Waals surface area contributed by atoms with Gasteiger partial charge in [0.1, 0.15) is 11.5 Å². The van der Waals surface area contributed by atoms with Gasteiger partial charge in [-0.15, -0.1) is 0 Å². The third kappa shape index (κ3) is 5.61. The Balaban J connectivity index is 1.43. The summed E-state index contributed by atoms with van der Waals surface area (Å²) in [7, 11) is 0. The van der Waals surface area contributed by atoms with Crippen molar-refractivity contribution in [1.82, 2.24) is 9.55 Å². The van der Waals surface area contributed by atoms with Gasteiger partial charge >= 0.3 is 0 Å². The Hall–Kier alpha value is -3.27. The molecule has 0 bridgehead atoms. The Labute approximate surface area is 203 Å². The number of fused-ring (bicyclic) bond motifs is 1. The van der Waals surface area contributed by atoms with Gasteiger partial charge in [0.2, 0.25) is 0 Å². The number of benzene rings is 3. The van der Waals surface area contributed by atoms with Crippen molar-refractivity contribution >= 4 is 11.0 Å². The summed E-state index contributed by atoms with van der Waals surface area (Å²) >= 11 is 0. The van der Waals surface area contributed by atoms with Gasteiger partial charge in [-0.3, -0.25) is 0 Å². The fourth-order valence-corrected chi connectivity index (χ4v) is 4.38. The van der Waals surface area contributed by atoms with Gasteiger partial charge in [-0.1, -0.05) is 50.2 Å². The first-order valence-electron chi connectivity index (χ1n) is 12.3. The van der Waals surface area contributed by atoms with Crippen LogP contribution in [0.25, 0.3) is 11.0 Å². The van der Waals surface area contributed by atoms with E-state index in [1.54, 1.807) is 0 Å². The topological polar surface area (TPSA) is 36.3 Å². The van der Waals surface area contributed by atoms with E-state index < -0.39 is 0 Å². The molecule has 4 nitrogen and oxygen atoms in total. The molecule has 1 heterocycles. The fraction of sp³-hybridized carbons (Fsp3) is 0.367. The van der Waals surface area contributed by atoms with E-state index in [-0.39, 0.29) is 6.10 Å². The van der Waals surface area contributed by atoms with Crippen LogP contribution in [-0.2, 0) is 6.54 Å². The van der Waals surface area contributed by atoms with Crippen LogP contribution < -0.4 is 9.47 Å². The Bertz CT molecular complexity index is 1240. The highest BCUT2D eigenvalue weighted by Gasteiger charge is 2.18. The van der Waals surface area contributed by atoms with Crippen LogP contribution in [0.15, 0.2) is 66.7 Å². The first-order chi connectivity index (χ1) is 16.4. The molecule has 3 aromatic carbocycles. The summed E-state index contributed by atoms with van der Waals surface area (Å²) in [6, 6.07) is 23.0. The molecule has 0 spiro atoms. The average Bonchev–Trinajstić information content (AvgIpc) is 3.17. The van der Waals surface area contributed by atoms with Crippen molar-refractivity contribution in [3.8, 4) is 11.5 Å². The van der Waals surface area contributed by atoms with Crippen LogP contribution in [0, 0.1) is 13.8 Å². The first kappa shape index (κ1) is 23.9. The number of aromatic nitrogens is 2. The molecule has 1 unspecified atom stereocenters. The van der Waals surface area contributed by atoms with Crippen LogP contribution in [0.5, 0.6) is 11.5 Å². The lowest BCUT2D eigenvalue weighted by atomic mass is 10.0. The van der Waals surface area contributed by atoms with Crippen LogP contribution in [0.1, 0.15) is 68.1 Å². The van der Waals surface area contributed by atoms with Crippen LogP contribution in [0.4, 0.5) is 0 Å². The molecular formula is C30H36N2O2. The highest BCUT2D eigenvalue weighted by atomic mass is 16.5. The van der Waals surface area contributed by atoms with Crippen molar-refractivity contribution in [2.75, 3.05) is 6.61 Å². The zero-order valence-electron chi connectivity index (χ0n) is 21.0. The molecule has 4 heteroatoms.